The molecule has 1 aromatic carbocycles. The molecule has 1 amide bonds. The molecule has 1 aromatic rings. The quantitative estimate of drug-likeness (QED) is 0.430. The fraction of sp³-hybridized carbons (Fsp3) is 0.312. The van der Waals surface area contributed by atoms with Crippen molar-refractivity contribution in [3.63, 3.8) is 0 Å². The molecule has 1 N–H and O–H groups in total. The van der Waals surface area contributed by atoms with E-state index in [4.69, 9.17) is 27.9 Å². The van der Waals surface area contributed by atoms with E-state index in [2.05, 4.69) is 10.1 Å². The number of ether oxygens (including phenoxy) is 2. The van der Waals surface area contributed by atoms with Gasteiger partial charge in [0, 0.05) is 34.7 Å². The van der Waals surface area contributed by atoms with E-state index in [1.165, 1.54) is 13.2 Å². The lowest BCUT2D eigenvalue weighted by Gasteiger charge is -2.05. The van der Waals surface area contributed by atoms with Gasteiger partial charge in [-0.3, -0.25) is 9.59 Å². The summed E-state index contributed by atoms with van der Waals surface area (Å²) in [5.74, 6) is -1.51. The maximum absolute atomic E-state index is 11.6. The third-order valence-electron chi connectivity index (χ3n) is 2.84. The highest BCUT2D eigenvalue weighted by molar-refractivity contribution is 6.37. The average Bonchev–Trinajstić information content (AvgIpc) is 2.56. The van der Waals surface area contributed by atoms with Gasteiger partial charge in [-0.25, -0.2) is 4.79 Å². The summed E-state index contributed by atoms with van der Waals surface area (Å²) in [6.45, 7) is -0.131. The van der Waals surface area contributed by atoms with Crippen LogP contribution < -0.4 is 5.32 Å². The number of esters is 2. The smallest absolute Gasteiger partial charge is 0.331 e. The lowest BCUT2D eigenvalue weighted by Crippen LogP contribution is -2.29. The maximum atomic E-state index is 11.6. The van der Waals surface area contributed by atoms with E-state index < -0.39 is 18.5 Å². The molecule has 0 aromatic heterocycles. The molecule has 0 bridgehead atoms. The number of benzene rings is 1. The molecule has 6 nitrogen and oxygen atoms in total. The minimum absolute atomic E-state index is 0.206. The van der Waals surface area contributed by atoms with Crippen molar-refractivity contribution in [1.29, 1.82) is 0 Å². The molecule has 0 spiro atoms. The second-order valence-electron chi connectivity index (χ2n) is 4.61. The molecule has 0 atom stereocenters. The summed E-state index contributed by atoms with van der Waals surface area (Å²) in [6.07, 6.45) is 3.20. The maximum Gasteiger partial charge on any atom is 0.331 e. The minimum Gasteiger partial charge on any atom is -0.469 e. The molecule has 24 heavy (non-hydrogen) atoms. The Morgan fingerprint density at radius 3 is 2.50 bits per heavy atom. The van der Waals surface area contributed by atoms with E-state index in [0.29, 0.717) is 22.0 Å². The third kappa shape index (κ3) is 7.48. The standard InChI is InChI=1S/C16H17Cl2NO5/c1-23-15(21)6-3-9-19-14(20)10-24-16(22)8-7-11-12(17)4-2-5-13(11)18/h2,4-5,7-8H,3,6,9-10H2,1H3,(H,19,20)/b8-7+. The van der Waals surface area contributed by atoms with Gasteiger partial charge in [-0.1, -0.05) is 29.3 Å². The van der Waals surface area contributed by atoms with Crippen molar-refractivity contribution in [2.24, 2.45) is 0 Å². The van der Waals surface area contributed by atoms with Crippen molar-refractivity contribution < 1.29 is 23.9 Å². The second-order valence-corrected chi connectivity index (χ2v) is 5.42. The predicted octanol–water partition coefficient (Wildman–Crippen LogP) is 2.62. The van der Waals surface area contributed by atoms with Crippen LogP contribution in [0.3, 0.4) is 0 Å². The normalized spacial score (nSPS) is 10.5. The Labute approximate surface area is 149 Å². The molecule has 0 unspecified atom stereocenters. The van der Waals surface area contributed by atoms with Gasteiger partial charge < -0.3 is 14.8 Å². The van der Waals surface area contributed by atoms with Crippen LogP contribution in [0.2, 0.25) is 10.0 Å². The lowest BCUT2D eigenvalue weighted by atomic mass is 10.2. The highest BCUT2D eigenvalue weighted by atomic mass is 35.5. The monoisotopic (exact) mass is 373 g/mol. The Hall–Kier alpha value is -2.05. The lowest BCUT2D eigenvalue weighted by molar-refractivity contribution is -0.143. The molecule has 0 radical (unpaired) electrons. The molecular weight excluding hydrogens is 357 g/mol. The van der Waals surface area contributed by atoms with Crippen molar-refractivity contribution in [3.05, 3.63) is 39.9 Å². The first-order valence-corrected chi connectivity index (χ1v) is 7.82. The summed E-state index contributed by atoms with van der Waals surface area (Å²) >= 11 is 11.9. The summed E-state index contributed by atoms with van der Waals surface area (Å²) in [5, 5.41) is 3.32. The Balaban J connectivity index is 2.32. The summed E-state index contributed by atoms with van der Waals surface area (Å²) in [6, 6.07) is 4.96. The van der Waals surface area contributed by atoms with Crippen molar-refractivity contribution in [3.8, 4) is 0 Å². The van der Waals surface area contributed by atoms with Crippen LogP contribution in [0.15, 0.2) is 24.3 Å². The Morgan fingerprint density at radius 1 is 1.21 bits per heavy atom. The van der Waals surface area contributed by atoms with Gasteiger partial charge in [0.15, 0.2) is 6.61 Å². The van der Waals surface area contributed by atoms with Crippen molar-refractivity contribution >= 4 is 47.1 Å². The van der Waals surface area contributed by atoms with Gasteiger partial charge >= 0.3 is 11.9 Å². The van der Waals surface area contributed by atoms with Gasteiger partial charge in [0.05, 0.1) is 7.11 Å². The first kappa shape index (κ1) is 20.0. The second kappa shape index (κ2) is 10.7. The number of rotatable bonds is 8. The molecule has 8 heteroatoms. The van der Waals surface area contributed by atoms with E-state index in [9.17, 15) is 14.4 Å². The van der Waals surface area contributed by atoms with Gasteiger partial charge in [-0.05, 0) is 24.6 Å². The minimum atomic E-state index is -0.698. The number of amides is 1. The molecule has 130 valence electrons. The highest BCUT2D eigenvalue weighted by Gasteiger charge is 2.07. The van der Waals surface area contributed by atoms with E-state index >= 15 is 0 Å². The zero-order chi connectivity index (χ0) is 17.9. The molecule has 0 aliphatic rings. The fourth-order valence-corrected chi connectivity index (χ4v) is 2.14. The first-order chi connectivity index (χ1) is 11.4. The first-order valence-electron chi connectivity index (χ1n) is 7.06. The molecule has 0 heterocycles. The molecule has 0 aliphatic heterocycles. The summed E-state index contributed by atoms with van der Waals surface area (Å²) in [4.78, 5) is 33.9. The highest BCUT2D eigenvalue weighted by Crippen LogP contribution is 2.25. The Morgan fingerprint density at radius 2 is 1.88 bits per heavy atom. The van der Waals surface area contributed by atoms with Crippen molar-refractivity contribution in [1.82, 2.24) is 5.32 Å². The number of hydrogen-bond donors (Lipinski definition) is 1. The van der Waals surface area contributed by atoms with Gasteiger partial charge in [-0.15, -0.1) is 0 Å². The van der Waals surface area contributed by atoms with Crippen molar-refractivity contribution in [2.75, 3.05) is 20.3 Å². The summed E-state index contributed by atoms with van der Waals surface area (Å²) < 4.78 is 9.26. The fourth-order valence-electron chi connectivity index (χ4n) is 1.62. The van der Waals surface area contributed by atoms with Gasteiger partial charge in [0.25, 0.3) is 5.91 Å². The van der Waals surface area contributed by atoms with Crippen LogP contribution >= 0.6 is 23.2 Å². The van der Waals surface area contributed by atoms with Crippen LogP contribution in [0.1, 0.15) is 18.4 Å². The SMILES string of the molecule is COC(=O)CCCNC(=O)COC(=O)/C=C/c1c(Cl)cccc1Cl. The van der Waals surface area contributed by atoms with Crippen LogP contribution in [-0.4, -0.2) is 38.1 Å². The largest absolute Gasteiger partial charge is 0.469 e. The average molecular weight is 374 g/mol. The molecule has 0 fully saturated rings. The molecule has 0 aliphatic carbocycles. The van der Waals surface area contributed by atoms with Crippen LogP contribution in [0.4, 0.5) is 0 Å². The van der Waals surface area contributed by atoms with Gasteiger partial charge in [-0.2, -0.15) is 0 Å². The number of hydrogen-bond acceptors (Lipinski definition) is 5. The number of methoxy groups -OCH3 is 1. The number of halogens is 2. The molecular formula is C16H17Cl2NO5. The van der Waals surface area contributed by atoms with Crippen LogP contribution in [-0.2, 0) is 23.9 Å². The number of nitrogens with one attached hydrogen (secondary N) is 1. The van der Waals surface area contributed by atoms with Crippen LogP contribution in [0.25, 0.3) is 6.08 Å². The number of carbonyl (C=O) groups is 3. The Bertz CT molecular complexity index is 611. The topological polar surface area (TPSA) is 81.7 Å². The molecule has 0 saturated carbocycles. The van der Waals surface area contributed by atoms with E-state index in [-0.39, 0.29) is 18.9 Å². The van der Waals surface area contributed by atoms with Crippen LogP contribution in [0, 0.1) is 0 Å². The van der Waals surface area contributed by atoms with Crippen LogP contribution in [0.5, 0.6) is 0 Å². The van der Waals surface area contributed by atoms with E-state index in [1.54, 1.807) is 18.2 Å². The zero-order valence-electron chi connectivity index (χ0n) is 13.0. The number of carbonyl (C=O) groups excluding carboxylic acids is 3. The van der Waals surface area contributed by atoms with E-state index in [0.717, 1.165) is 6.08 Å². The summed E-state index contributed by atoms with van der Waals surface area (Å²) in [7, 11) is 1.30. The Kier molecular flexibility index (Phi) is 8.89. The third-order valence-corrected chi connectivity index (χ3v) is 3.50. The molecule has 0 saturated heterocycles. The zero-order valence-corrected chi connectivity index (χ0v) is 14.5. The van der Waals surface area contributed by atoms with Gasteiger partial charge in [0.1, 0.15) is 0 Å². The molecule has 1 rings (SSSR count). The van der Waals surface area contributed by atoms with Gasteiger partial charge in [0.2, 0.25) is 0 Å². The van der Waals surface area contributed by atoms with E-state index in [1.807, 2.05) is 0 Å². The predicted molar refractivity (Wildman–Crippen MR) is 90.7 cm³/mol. The summed E-state index contributed by atoms with van der Waals surface area (Å²) in [5.41, 5.74) is 0.491. The van der Waals surface area contributed by atoms with Crippen molar-refractivity contribution in [2.45, 2.75) is 12.8 Å².